The molecule has 3 aliphatic rings. The number of hydrogen-bond donors (Lipinski definition) is 0. The van der Waals surface area contributed by atoms with Gasteiger partial charge in [0.25, 0.3) is 0 Å². The van der Waals surface area contributed by atoms with Gasteiger partial charge < -0.3 is 4.90 Å². The second kappa shape index (κ2) is 10.2. The molecule has 0 fully saturated rings. The highest BCUT2D eigenvalue weighted by Crippen LogP contribution is 2.59. The van der Waals surface area contributed by atoms with Gasteiger partial charge in [-0.05, 0) is 65.1 Å². The van der Waals surface area contributed by atoms with Crippen LogP contribution in [0.2, 0.25) is 0 Å². The molecule has 9 rings (SSSR count). The molecule has 4 heteroatoms. The van der Waals surface area contributed by atoms with Crippen LogP contribution in [0.3, 0.4) is 0 Å². The first-order valence-corrected chi connectivity index (χ1v) is 16.0. The van der Waals surface area contributed by atoms with Gasteiger partial charge in [-0.25, -0.2) is 15.0 Å². The van der Waals surface area contributed by atoms with E-state index in [4.69, 9.17) is 15.0 Å². The molecule has 4 nitrogen and oxygen atoms in total. The van der Waals surface area contributed by atoms with E-state index in [-0.39, 0.29) is 5.41 Å². The van der Waals surface area contributed by atoms with E-state index < -0.39 is 0 Å². The minimum Gasteiger partial charge on any atom is -0.313 e. The zero-order valence-electron chi connectivity index (χ0n) is 25.9. The molecule has 1 aromatic heterocycles. The Hall–Kier alpha value is -5.61. The number of benzene rings is 5. The second-order valence-corrected chi connectivity index (χ2v) is 12.9. The van der Waals surface area contributed by atoms with Crippen LogP contribution in [-0.2, 0) is 5.41 Å². The Bertz CT molecular complexity index is 2140. The van der Waals surface area contributed by atoms with E-state index in [2.05, 4.69) is 97.6 Å². The number of aromatic nitrogens is 3. The molecule has 1 unspecified atom stereocenters. The van der Waals surface area contributed by atoms with Crippen molar-refractivity contribution in [2.45, 2.75) is 31.6 Å². The molecule has 1 atom stereocenters. The first kappa shape index (κ1) is 26.8. The molecular weight excluding hydrogens is 560 g/mol. The maximum Gasteiger partial charge on any atom is 0.164 e. The summed E-state index contributed by atoms with van der Waals surface area (Å²) in [7, 11) is 0. The van der Waals surface area contributed by atoms with E-state index in [1.165, 1.54) is 33.6 Å². The fourth-order valence-corrected chi connectivity index (χ4v) is 7.61. The summed E-state index contributed by atoms with van der Waals surface area (Å²) in [6, 6.07) is 46.8. The lowest BCUT2D eigenvalue weighted by atomic mass is 9.74. The van der Waals surface area contributed by atoms with Crippen LogP contribution >= 0.6 is 0 Å². The van der Waals surface area contributed by atoms with Gasteiger partial charge in [0.2, 0.25) is 0 Å². The van der Waals surface area contributed by atoms with Crippen LogP contribution < -0.4 is 4.90 Å². The van der Waals surface area contributed by atoms with Crippen molar-refractivity contribution in [2.24, 2.45) is 0 Å². The molecule has 0 bridgehead atoms. The van der Waals surface area contributed by atoms with E-state index in [0.717, 1.165) is 28.8 Å². The minimum absolute atomic E-state index is 0.0275. The maximum absolute atomic E-state index is 4.95. The summed E-state index contributed by atoms with van der Waals surface area (Å²) in [5, 5.41) is 0. The average molecular weight is 593 g/mol. The average Bonchev–Trinajstić information content (AvgIpc) is 3.56. The third-order valence-electron chi connectivity index (χ3n) is 9.92. The molecule has 1 aliphatic heterocycles. The molecule has 5 aromatic carbocycles. The normalized spacial score (nSPS) is 17.2. The highest BCUT2D eigenvalue weighted by molar-refractivity contribution is 5.91. The van der Waals surface area contributed by atoms with Crippen molar-refractivity contribution in [3.8, 4) is 34.2 Å². The predicted molar refractivity (Wildman–Crippen MR) is 187 cm³/mol. The van der Waals surface area contributed by atoms with Gasteiger partial charge in [-0.1, -0.05) is 123 Å². The molecule has 0 saturated heterocycles. The summed E-state index contributed by atoms with van der Waals surface area (Å²) < 4.78 is 0. The Labute approximate surface area is 269 Å². The smallest absolute Gasteiger partial charge is 0.164 e. The lowest BCUT2D eigenvalue weighted by Gasteiger charge is -2.31. The van der Waals surface area contributed by atoms with E-state index >= 15 is 0 Å². The monoisotopic (exact) mass is 592 g/mol. The Morgan fingerprint density at radius 2 is 1.13 bits per heavy atom. The van der Waals surface area contributed by atoms with Crippen LogP contribution in [0.5, 0.6) is 0 Å². The first-order chi connectivity index (χ1) is 22.6. The fourth-order valence-electron chi connectivity index (χ4n) is 7.61. The number of rotatable bonds is 4. The fraction of sp³-hybridized carbons (Fsp3) is 0.119. The van der Waals surface area contributed by atoms with Gasteiger partial charge in [0, 0.05) is 45.1 Å². The molecule has 0 radical (unpaired) electrons. The molecule has 0 N–H and O–H groups in total. The minimum atomic E-state index is 0.0275. The van der Waals surface area contributed by atoms with Crippen molar-refractivity contribution in [1.82, 2.24) is 15.0 Å². The molecule has 2 heterocycles. The van der Waals surface area contributed by atoms with Crippen LogP contribution in [0.25, 0.3) is 39.7 Å². The summed E-state index contributed by atoms with van der Waals surface area (Å²) >= 11 is 0. The molecule has 220 valence electrons. The van der Waals surface area contributed by atoms with Crippen LogP contribution in [0.15, 0.2) is 151 Å². The van der Waals surface area contributed by atoms with Crippen LogP contribution in [-0.4, -0.2) is 15.0 Å². The molecule has 6 aromatic rings. The summed E-state index contributed by atoms with van der Waals surface area (Å²) in [6.07, 6.45) is 3.50. The Balaban J connectivity index is 1.14. The first-order valence-electron chi connectivity index (χ1n) is 16.0. The van der Waals surface area contributed by atoms with Gasteiger partial charge in [-0.2, -0.15) is 0 Å². The summed E-state index contributed by atoms with van der Waals surface area (Å²) in [5.74, 6) is 2.33. The Morgan fingerprint density at radius 1 is 0.587 bits per heavy atom. The molecule has 0 saturated carbocycles. The number of hydrogen-bond acceptors (Lipinski definition) is 4. The highest BCUT2D eigenvalue weighted by atomic mass is 15.2. The van der Waals surface area contributed by atoms with Gasteiger partial charge in [0.15, 0.2) is 17.5 Å². The van der Waals surface area contributed by atoms with Gasteiger partial charge >= 0.3 is 0 Å². The van der Waals surface area contributed by atoms with Gasteiger partial charge in [0.05, 0.1) is 0 Å². The summed E-state index contributed by atoms with van der Waals surface area (Å²) in [4.78, 5) is 17.2. The highest BCUT2D eigenvalue weighted by Gasteiger charge is 2.45. The molecule has 46 heavy (non-hydrogen) atoms. The van der Waals surface area contributed by atoms with Crippen molar-refractivity contribution in [1.29, 1.82) is 0 Å². The van der Waals surface area contributed by atoms with Crippen molar-refractivity contribution in [3.05, 3.63) is 167 Å². The Morgan fingerprint density at radius 3 is 1.78 bits per heavy atom. The molecule has 0 amide bonds. The van der Waals surface area contributed by atoms with Gasteiger partial charge in [0.1, 0.15) is 0 Å². The van der Waals surface area contributed by atoms with E-state index in [1.807, 2.05) is 60.7 Å². The number of nitrogens with zero attached hydrogens (tertiary/aromatic N) is 4. The number of para-hydroxylation sites is 1. The maximum atomic E-state index is 4.95. The third-order valence-corrected chi connectivity index (χ3v) is 9.92. The zero-order chi connectivity index (χ0) is 30.8. The van der Waals surface area contributed by atoms with Crippen molar-refractivity contribution >= 4 is 16.9 Å². The molecule has 0 spiro atoms. The largest absolute Gasteiger partial charge is 0.313 e. The predicted octanol–water partition coefficient (Wildman–Crippen LogP) is 10.1. The van der Waals surface area contributed by atoms with Crippen LogP contribution in [0.1, 0.15) is 42.9 Å². The molecule has 2 aliphatic carbocycles. The zero-order valence-corrected chi connectivity index (χ0v) is 25.9. The van der Waals surface area contributed by atoms with Crippen LogP contribution in [0.4, 0.5) is 11.4 Å². The summed E-state index contributed by atoms with van der Waals surface area (Å²) in [6.45, 7) is 4.77. The van der Waals surface area contributed by atoms with Crippen molar-refractivity contribution < 1.29 is 0 Å². The van der Waals surface area contributed by atoms with Gasteiger partial charge in [-0.15, -0.1) is 0 Å². The SMILES string of the molecule is CC1(C)C2=C(C=C3C(C2)c2ccccc2N3c2ccc(-c3nc(-c4ccccc4)nc(-c4ccccc4)n3)cc2)c2ccccc21. The van der Waals surface area contributed by atoms with Gasteiger partial charge in [-0.3, -0.25) is 0 Å². The van der Waals surface area contributed by atoms with E-state index in [1.54, 1.807) is 5.57 Å². The third kappa shape index (κ3) is 4.10. The quantitative estimate of drug-likeness (QED) is 0.204. The topological polar surface area (TPSA) is 41.9 Å². The van der Waals surface area contributed by atoms with E-state index in [0.29, 0.717) is 23.4 Å². The number of allylic oxidation sites excluding steroid dienone is 4. The van der Waals surface area contributed by atoms with Crippen molar-refractivity contribution in [3.63, 3.8) is 0 Å². The summed E-state index contributed by atoms with van der Waals surface area (Å²) in [5.41, 5.74) is 13.8. The lowest BCUT2D eigenvalue weighted by molar-refractivity contribution is 0.587. The Kier molecular flexibility index (Phi) is 5.94. The van der Waals surface area contributed by atoms with Crippen LogP contribution in [0, 0.1) is 0 Å². The lowest BCUT2D eigenvalue weighted by Crippen LogP contribution is -2.22. The standard InChI is InChI=1S/C42H32N4/c1-42(2)35-19-11-9-17-31(35)33-26-38-34(25-36(33)42)32-18-10-12-20-37(32)46(38)30-23-21-29(22-24-30)41-44-39(27-13-5-3-6-14-27)43-40(45-41)28-15-7-4-8-16-28/h3-24,26,34H,25H2,1-2H3. The number of fused-ring (bicyclic) bond motifs is 5. The molecular formula is C42H32N4. The second-order valence-electron chi connectivity index (χ2n) is 12.9. The van der Waals surface area contributed by atoms with Crippen molar-refractivity contribution in [2.75, 3.05) is 4.90 Å². The van der Waals surface area contributed by atoms with E-state index in [9.17, 15) is 0 Å². The number of anilines is 2.